The molecule has 0 unspecified atom stereocenters. The number of benzene rings is 1. The molecule has 1 heterocycles. The van der Waals surface area contributed by atoms with E-state index in [0.29, 0.717) is 6.54 Å². The zero-order chi connectivity index (χ0) is 11.5. The predicted octanol–water partition coefficient (Wildman–Crippen LogP) is 3.13. The molecule has 2 aromatic rings. The van der Waals surface area contributed by atoms with Crippen LogP contribution in [0.2, 0.25) is 0 Å². The molecule has 0 fully saturated rings. The van der Waals surface area contributed by atoms with E-state index in [2.05, 4.69) is 45.3 Å². The molecule has 4 heteroatoms. The minimum Gasteiger partial charge on any atom is -0.443 e. The van der Waals surface area contributed by atoms with Crippen molar-refractivity contribution in [2.75, 3.05) is 7.05 Å². The summed E-state index contributed by atoms with van der Waals surface area (Å²) < 4.78 is 6.48. The largest absolute Gasteiger partial charge is 0.443 e. The van der Waals surface area contributed by atoms with E-state index >= 15 is 0 Å². The molecule has 0 aliphatic heterocycles. The van der Waals surface area contributed by atoms with E-state index in [1.807, 2.05) is 13.1 Å². The number of aromatic nitrogens is 1. The number of hydrogen-bond donors (Lipinski definition) is 1. The zero-order valence-electron chi connectivity index (χ0n) is 9.25. The number of oxazole rings is 1. The van der Waals surface area contributed by atoms with E-state index in [0.717, 1.165) is 21.5 Å². The van der Waals surface area contributed by atoms with Crippen LogP contribution in [0.15, 0.2) is 33.5 Å². The molecule has 0 saturated carbocycles. The fraction of sp³-hybridized carbons (Fsp3) is 0.250. The van der Waals surface area contributed by atoms with Crippen LogP contribution in [0.25, 0.3) is 11.3 Å². The molecule has 1 aromatic heterocycles. The van der Waals surface area contributed by atoms with Gasteiger partial charge >= 0.3 is 0 Å². The van der Waals surface area contributed by atoms with Gasteiger partial charge < -0.3 is 9.73 Å². The normalized spacial score (nSPS) is 10.7. The molecule has 0 amide bonds. The summed E-state index contributed by atoms with van der Waals surface area (Å²) in [6.07, 6.45) is 1.48. The first kappa shape index (κ1) is 11.4. The van der Waals surface area contributed by atoms with Gasteiger partial charge in [0, 0.05) is 16.6 Å². The van der Waals surface area contributed by atoms with Gasteiger partial charge in [0.15, 0.2) is 12.2 Å². The van der Waals surface area contributed by atoms with Crippen LogP contribution in [0.1, 0.15) is 11.3 Å². The Bertz CT molecular complexity index is 494. The van der Waals surface area contributed by atoms with Crippen molar-refractivity contribution < 1.29 is 4.42 Å². The highest BCUT2D eigenvalue weighted by atomic mass is 79.9. The van der Waals surface area contributed by atoms with E-state index in [4.69, 9.17) is 4.42 Å². The van der Waals surface area contributed by atoms with Crippen molar-refractivity contribution in [2.24, 2.45) is 0 Å². The van der Waals surface area contributed by atoms with E-state index in [1.54, 1.807) is 0 Å². The quantitative estimate of drug-likeness (QED) is 0.939. The van der Waals surface area contributed by atoms with Gasteiger partial charge in [0.25, 0.3) is 0 Å². The number of nitrogens with one attached hydrogen (secondary N) is 1. The Morgan fingerprint density at radius 1 is 1.44 bits per heavy atom. The predicted molar refractivity (Wildman–Crippen MR) is 67.1 cm³/mol. The molecular weight excluding hydrogens is 268 g/mol. The molecule has 0 aliphatic rings. The minimum atomic E-state index is 0.701. The maximum atomic E-state index is 5.46. The van der Waals surface area contributed by atoms with E-state index < -0.39 is 0 Å². The topological polar surface area (TPSA) is 38.1 Å². The van der Waals surface area contributed by atoms with Crippen molar-refractivity contribution in [2.45, 2.75) is 13.5 Å². The van der Waals surface area contributed by atoms with Crippen molar-refractivity contribution in [3.05, 3.63) is 40.3 Å². The molecule has 0 spiro atoms. The van der Waals surface area contributed by atoms with Crippen LogP contribution in [0.5, 0.6) is 0 Å². The SMILES string of the molecule is CNCc1ncoc1-c1cc(C)ccc1Br. The lowest BCUT2D eigenvalue weighted by atomic mass is 10.1. The van der Waals surface area contributed by atoms with Crippen molar-refractivity contribution in [3.8, 4) is 11.3 Å². The van der Waals surface area contributed by atoms with Crippen LogP contribution in [-0.2, 0) is 6.54 Å². The van der Waals surface area contributed by atoms with Gasteiger partial charge in [0.05, 0.1) is 0 Å². The summed E-state index contributed by atoms with van der Waals surface area (Å²) in [5.41, 5.74) is 3.17. The van der Waals surface area contributed by atoms with E-state index in [1.165, 1.54) is 12.0 Å². The Labute approximate surface area is 103 Å². The first-order valence-electron chi connectivity index (χ1n) is 5.06. The van der Waals surface area contributed by atoms with Crippen LogP contribution >= 0.6 is 15.9 Å². The highest BCUT2D eigenvalue weighted by molar-refractivity contribution is 9.10. The van der Waals surface area contributed by atoms with Crippen LogP contribution in [-0.4, -0.2) is 12.0 Å². The van der Waals surface area contributed by atoms with Gasteiger partial charge in [-0.2, -0.15) is 0 Å². The summed E-state index contributed by atoms with van der Waals surface area (Å²) in [5, 5.41) is 3.08. The van der Waals surface area contributed by atoms with Crippen molar-refractivity contribution in [1.82, 2.24) is 10.3 Å². The van der Waals surface area contributed by atoms with Gasteiger partial charge in [-0.1, -0.05) is 27.6 Å². The molecule has 0 atom stereocenters. The molecule has 16 heavy (non-hydrogen) atoms. The van der Waals surface area contributed by atoms with Crippen molar-refractivity contribution in [3.63, 3.8) is 0 Å². The lowest BCUT2D eigenvalue weighted by Gasteiger charge is -2.04. The summed E-state index contributed by atoms with van der Waals surface area (Å²) >= 11 is 3.53. The lowest BCUT2D eigenvalue weighted by molar-refractivity contribution is 0.570. The van der Waals surface area contributed by atoms with Gasteiger partial charge in [-0.05, 0) is 26.1 Å². The molecule has 0 bridgehead atoms. The third-order valence-corrected chi connectivity index (χ3v) is 3.04. The van der Waals surface area contributed by atoms with Gasteiger partial charge in [-0.25, -0.2) is 4.98 Å². The summed E-state index contributed by atoms with van der Waals surface area (Å²) in [4.78, 5) is 4.20. The highest BCUT2D eigenvalue weighted by Crippen LogP contribution is 2.31. The van der Waals surface area contributed by atoms with E-state index in [-0.39, 0.29) is 0 Å². The Morgan fingerprint density at radius 3 is 3.00 bits per heavy atom. The average molecular weight is 281 g/mol. The minimum absolute atomic E-state index is 0.701. The number of nitrogens with zero attached hydrogens (tertiary/aromatic N) is 1. The lowest BCUT2D eigenvalue weighted by Crippen LogP contribution is -2.06. The number of rotatable bonds is 3. The molecule has 1 N–H and O–H groups in total. The molecule has 0 aliphatic carbocycles. The van der Waals surface area contributed by atoms with Gasteiger partial charge in [-0.3, -0.25) is 0 Å². The Morgan fingerprint density at radius 2 is 2.25 bits per heavy atom. The third-order valence-electron chi connectivity index (χ3n) is 2.35. The second-order valence-electron chi connectivity index (χ2n) is 3.64. The maximum absolute atomic E-state index is 5.46. The van der Waals surface area contributed by atoms with Crippen LogP contribution in [0.3, 0.4) is 0 Å². The highest BCUT2D eigenvalue weighted by Gasteiger charge is 2.12. The van der Waals surface area contributed by atoms with Crippen molar-refractivity contribution in [1.29, 1.82) is 0 Å². The summed E-state index contributed by atoms with van der Waals surface area (Å²) in [7, 11) is 1.89. The second kappa shape index (κ2) is 4.80. The molecule has 2 rings (SSSR count). The van der Waals surface area contributed by atoms with Gasteiger partial charge in [0.2, 0.25) is 0 Å². The molecule has 84 valence electrons. The summed E-state index contributed by atoms with van der Waals surface area (Å²) in [6.45, 7) is 2.76. The molecular formula is C12H13BrN2O. The van der Waals surface area contributed by atoms with Crippen LogP contribution in [0.4, 0.5) is 0 Å². The standard InChI is InChI=1S/C12H13BrN2O/c1-8-3-4-10(13)9(5-8)12-11(6-14-2)15-7-16-12/h3-5,7,14H,6H2,1-2H3. The number of halogens is 1. The van der Waals surface area contributed by atoms with Gasteiger partial charge in [0.1, 0.15) is 5.69 Å². The Kier molecular flexibility index (Phi) is 3.41. The molecule has 0 radical (unpaired) electrons. The second-order valence-corrected chi connectivity index (χ2v) is 4.50. The Balaban J connectivity index is 2.49. The zero-order valence-corrected chi connectivity index (χ0v) is 10.8. The van der Waals surface area contributed by atoms with Crippen molar-refractivity contribution >= 4 is 15.9 Å². The molecule has 1 aromatic carbocycles. The van der Waals surface area contributed by atoms with Crippen LogP contribution < -0.4 is 5.32 Å². The van der Waals surface area contributed by atoms with Gasteiger partial charge in [-0.15, -0.1) is 0 Å². The molecule has 3 nitrogen and oxygen atoms in total. The summed E-state index contributed by atoms with van der Waals surface area (Å²) in [6, 6.07) is 6.17. The van der Waals surface area contributed by atoms with E-state index in [9.17, 15) is 0 Å². The fourth-order valence-corrected chi connectivity index (χ4v) is 2.02. The molecule has 0 saturated heterocycles. The fourth-order valence-electron chi connectivity index (χ4n) is 1.59. The third kappa shape index (κ3) is 2.18. The number of aryl methyl sites for hydroxylation is 1. The summed E-state index contributed by atoms with van der Waals surface area (Å²) in [5.74, 6) is 0.824. The first-order chi connectivity index (χ1) is 7.72. The van der Waals surface area contributed by atoms with Crippen LogP contribution in [0, 0.1) is 6.92 Å². The first-order valence-corrected chi connectivity index (χ1v) is 5.85. The Hall–Kier alpha value is -1.13. The number of hydrogen-bond acceptors (Lipinski definition) is 3. The maximum Gasteiger partial charge on any atom is 0.181 e. The smallest absolute Gasteiger partial charge is 0.181 e. The monoisotopic (exact) mass is 280 g/mol. The average Bonchev–Trinajstić information content (AvgIpc) is 2.70.